The molecule has 0 aliphatic rings. The van der Waals surface area contributed by atoms with E-state index in [4.69, 9.17) is 0 Å². The van der Waals surface area contributed by atoms with Crippen LogP contribution in [0.1, 0.15) is 41.2 Å². The summed E-state index contributed by atoms with van der Waals surface area (Å²) in [5.74, 6) is 0.777. The molecular formula is C19H24N2OS. The second-order valence-electron chi connectivity index (χ2n) is 5.50. The first-order valence-corrected chi connectivity index (χ1v) is 8.99. The number of thioether (sulfide) groups is 1. The standard InChI is InChI=1S/C19H24N2OS/c1-5-21(6-2)19(22)17-12-8-11-16(20-17)13-23-18-14(3)9-7-10-15(18)4/h7-12H,5-6,13H2,1-4H3. The first-order valence-electron chi connectivity index (χ1n) is 8.01. The van der Waals surface area contributed by atoms with Crippen LogP contribution in [0.4, 0.5) is 0 Å². The van der Waals surface area contributed by atoms with Crippen molar-refractivity contribution < 1.29 is 4.79 Å². The minimum Gasteiger partial charge on any atom is -0.338 e. The Labute approximate surface area is 143 Å². The zero-order chi connectivity index (χ0) is 16.8. The predicted molar refractivity (Wildman–Crippen MR) is 97.0 cm³/mol. The van der Waals surface area contributed by atoms with E-state index in [2.05, 4.69) is 37.0 Å². The molecule has 122 valence electrons. The maximum absolute atomic E-state index is 12.4. The molecule has 0 bridgehead atoms. The van der Waals surface area contributed by atoms with Gasteiger partial charge in [-0.15, -0.1) is 11.8 Å². The van der Waals surface area contributed by atoms with Crippen LogP contribution in [-0.2, 0) is 5.75 Å². The first-order chi connectivity index (χ1) is 11.1. The number of carbonyl (C=O) groups is 1. The summed E-state index contributed by atoms with van der Waals surface area (Å²) >= 11 is 1.78. The van der Waals surface area contributed by atoms with E-state index in [1.54, 1.807) is 22.7 Å². The van der Waals surface area contributed by atoms with E-state index in [9.17, 15) is 4.79 Å². The molecule has 23 heavy (non-hydrogen) atoms. The molecule has 3 nitrogen and oxygen atoms in total. The largest absolute Gasteiger partial charge is 0.338 e. The van der Waals surface area contributed by atoms with Gasteiger partial charge in [-0.05, 0) is 51.0 Å². The van der Waals surface area contributed by atoms with Crippen LogP contribution in [0.25, 0.3) is 0 Å². The number of rotatable bonds is 6. The lowest BCUT2D eigenvalue weighted by Gasteiger charge is -2.18. The Morgan fingerprint density at radius 1 is 1.04 bits per heavy atom. The Morgan fingerprint density at radius 2 is 1.65 bits per heavy atom. The highest BCUT2D eigenvalue weighted by Crippen LogP contribution is 2.28. The van der Waals surface area contributed by atoms with Crippen molar-refractivity contribution in [3.05, 3.63) is 58.9 Å². The van der Waals surface area contributed by atoms with Crippen molar-refractivity contribution in [3.8, 4) is 0 Å². The fraction of sp³-hybridized carbons (Fsp3) is 0.368. The fourth-order valence-corrected chi connectivity index (χ4v) is 3.57. The zero-order valence-corrected chi connectivity index (χ0v) is 15.1. The Bertz CT molecular complexity index is 661. The monoisotopic (exact) mass is 328 g/mol. The Hall–Kier alpha value is -1.81. The van der Waals surface area contributed by atoms with Gasteiger partial charge in [0.05, 0.1) is 5.69 Å². The number of benzene rings is 1. The number of aryl methyl sites for hydroxylation is 2. The highest BCUT2D eigenvalue weighted by atomic mass is 32.2. The normalized spacial score (nSPS) is 10.6. The van der Waals surface area contributed by atoms with Crippen molar-refractivity contribution in [2.24, 2.45) is 0 Å². The third kappa shape index (κ3) is 4.35. The molecule has 4 heteroatoms. The molecule has 0 N–H and O–H groups in total. The van der Waals surface area contributed by atoms with E-state index in [1.165, 1.54) is 16.0 Å². The van der Waals surface area contributed by atoms with Crippen molar-refractivity contribution in [2.45, 2.75) is 38.3 Å². The van der Waals surface area contributed by atoms with Crippen LogP contribution in [0.3, 0.4) is 0 Å². The molecule has 0 saturated carbocycles. The Kier molecular flexibility index (Phi) is 6.22. The molecule has 1 amide bonds. The van der Waals surface area contributed by atoms with Gasteiger partial charge < -0.3 is 4.90 Å². The van der Waals surface area contributed by atoms with E-state index in [1.807, 2.05) is 26.0 Å². The maximum Gasteiger partial charge on any atom is 0.272 e. The van der Waals surface area contributed by atoms with Gasteiger partial charge in [-0.1, -0.05) is 24.3 Å². The zero-order valence-electron chi connectivity index (χ0n) is 14.3. The summed E-state index contributed by atoms with van der Waals surface area (Å²) < 4.78 is 0. The molecule has 0 saturated heterocycles. The molecule has 2 rings (SSSR count). The van der Waals surface area contributed by atoms with Gasteiger partial charge in [0.15, 0.2) is 0 Å². The highest BCUT2D eigenvalue weighted by molar-refractivity contribution is 7.98. The topological polar surface area (TPSA) is 33.2 Å². The number of aromatic nitrogens is 1. The van der Waals surface area contributed by atoms with Crippen LogP contribution >= 0.6 is 11.8 Å². The molecule has 0 radical (unpaired) electrons. The van der Waals surface area contributed by atoms with Crippen molar-refractivity contribution in [1.82, 2.24) is 9.88 Å². The average Bonchev–Trinajstić information content (AvgIpc) is 2.55. The summed E-state index contributed by atoms with van der Waals surface area (Å²) in [5, 5.41) is 0. The Morgan fingerprint density at radius 3 is 2.26 bits per heavy atom. The van der Waals surface area contributed by atoms with Crippen molar-refractivity contribution >= 4 is 17.7 Å². The third-order valence-electron chi connectivity index (χ3n) is 3.85. The molecule has 0 aliphatic carbocycles. The van der Waals surface area contributed by atoms with E-state index >= 15 is 0 Å². The quantitative estimate of drug-likeness (QED) is 0.733. The molecule has 1 aromatic carbocycles. The molecule has 1 aromatic heterocycles. The lowest BCUT2D eigenvalue weighted by molar-refractivity contribution is 0.0767. The van der Waals surface area contributed by atoms with Gasteiger partial charge in [0.1, 0.15) is 5.69 Å². The number of pyridine rings is 1. The number of hydrogen-bond donors (Lipinski definition) is 0. The van der Waals surface area contributed by atoms with Gasteiger partial charge in [-0.25, -0.2) is 4.98 Å². The van der Waals surface area contributed by atoms with Gasteiger partial charge in [0.25, 0.3) is 5.91 Å². The maximum atomic E-state index is 12.4. The van der Waals surface area contributed by atoms with Crippen LogP contribution in [-0.4, -0.2) is 28.9 Å². The fourth-order valence-electron chi connectivity index (χ4n) is 2.52. The lowest BCUT2D eigenvalue weighted by Crippen LogP contribution is -2.31. The molecule has 0 aliphatic heterocycles. The minimum atomic E-state index is 0.00826. The van der Waals surface area contributed by atoms with Gasteiger partial charge >= 0.3 is 0 Å². The van der Waals surface area contributed by atoms with E-state index in [0.29, 0.717) is 18.8 Å². The van der Waals surface area contributed by atoms with Gasteiger partial charge in [-0.2, -0.15) is 0 Å². The number of hydrogen-bond acceptors (Lipinski definition) is 3. The number of nitrogens with zero attached hydrogens (tertiary/aromatic N) is 2. The molecule has 0 spiro atoms. The number of carbonyl (C=O) groups excluding carboxylic acids is 1. The van der Waals surface area contributed by atoms with Crippen LogP contribution in [0.5, 0.6) is 0 Å². The summed E-state index contributed by atoms with van der Waals surface area (Å²) in [4.78, 5) is 20.0. The summed E-state index contributed by atoms with van der Waals surface area (Å²) in [6.07, 6.45) is 0. The van der Waals surface area contributed by atoms with Gasteiger partial charge in [-0.3, -0.25) is 4.79 Å². The van der Waals surface area contributed by atoms with Crippen LogP contribution < -0.4 is 0 Å². The van der Waals surface area contributed by atoms with E-state index in [-0.39, 0.29) is 5.91 Å². The van der Waals surface area contributed by atoms with Crippen LogP contribution in [0, 0.1) is 13.8 Å². The van der Waals surface area contributed by atoms with Crippen molar-refractivity contribution in [1.29, 1.82) is 0 Å². The van der Waals surface area contributed by atoms with Crippen molar-refractivity contribution in [2.75, 3.05) is 13.1 Å². The summed E-state index contributed by atoms with van der Waals surface area (Å²) in [5.41, 5.74) is 4.04. The van der Waals surface area contributed by atoms with Gasteiger partial charge in [0, 0.05) is 23.7 Å². The lowest BCUT2D eigenvalue weighted by atomic mass is 10.2. The van der Waals surface area contributed by atoms with E-state index < -0.39 is 0 Å². The predicted octanol–water partition coefficient (Wildman–Crippen LogP) is 4.47. The van der Waals surface area contributed by atoms with Crippen molar-refractivity contribution in [3.63, 3.8) is 0 Å². The second-order valence-corrected chi connectivity index (χ2v) is 6.49. The number of amides is 1. The third-order valence-corrected chi connectivity index (χ3v) is 5.22. The SMILES string of the molecule is CCN(CC)C(=O)c1cccc(CSc2c(C)cccc2C)n1. The highest BCUT2D eigenvalue weighted by Gasteiger charge is 2.14. The van der Waals surface area contributed by atoms with Crippen LogP contribution in [0.15, 0.2) is 41.3 Å². The molecular weight excluding hydrogens is 304 g/mol. The summed E-state index contributed by atoms with van der Waals surface area (Å²) in [6, 6.07) is 12.0. The first kappa shape index (κ1) is 17.5. The smallest absolute Gasteiger partial charge is 0.272 e. The van der Waals surface area contributed by atoms with E-state index in [0.717, 1.165) is 11.4 Å². The average molecular weight is 328 g/mol. The summed E-state index contributed by atoms with van der Waals surface area (Å²) in [6.45, 7) is 9.65. The van der Waals surface area contributed by atoms with Gasteiger partial charge in [0.2, 0.25) is 0 Å². The molecule has 2 aromatic rings. The molecule has 0 atom stereocenters. The minimum absolute atomic E-state index is 0.00826. The summed E-state index contributed by atoms with van der Waals surface area (Å²) in [7, 11) is 0. The molecule has 0 fully saturated rings. The second kappa shape index (κ2) is 8.16. The Balaban J connectivity index is 2.13. The molecule has 0 unspecified atom stereocenters. The van der Waals surface area contributed by atoms with Crippen LogP contribution in [0.2, 0.25) is 0 Å². The molecule has 1 heterocycles.